The zero-order chi connectivity index (χ0) is 13.6. The predicted octanol–water partition coefficient (Wildman–Crippen LogP) is 2.84. The Labute approximate surface area is 112 Å². The van der Waals surface area contributed by atoms with E-state index in [2.05, 4.69) is 12.2 Å². The van der Waals surface area contributed by atoms with Crippen LogP contribution in [0.25, 0.3) is 0 Å². The molecule has 1 aliphatic rings. The molecule has 3 N–H and O–H groups in total. The molecule has 1 amide bonds. The van der Waals surface area contributed by atoms with Crippen molar-refractivity contribution in [2.45, 2.75) is 71.3 Å². The fourth-order valence-electron chi connectivity index (χ4n) is 2.76. The summed E-state index contributed by atoms with van der Waals surface area (Å²) in [4.78, 5) is 11.6. The first-order chi connectivity index (χ1) is 8.37. The molecule has 2 unspecified atom stereocenters. The third-order valence-electron chi connectivity index (χ3n) is 3.92. The summed E-state index contributed by atoms with van der Waals surface area (Å²) in [5, 5.41) is 3.02. The van der Waals surface area contributed by atoms with E-state index in [1.165, 1.54) is 25.7 Å². The maximum Gasteiger partial charge on any atom is 0.220 e. The van der Waals surface area contributed by atoms with Gasteiger partial charge < -0.3 is 11.1 Å². The highest BCUT2D eigenvalue weighted by Crippen LogP contribution is 2.30. The molecule has 0 aromatic heterocycles. The van der Waals surface area contributed by atoms with E-state index < -0.39 is 0 Å². The lowest BCUT2D eigenvalue weighted by atomic mass is 9.81. The minimum atomic E-state index is -0.240. The fourth-order valence-corrected chi connectivity index (χ4v) is 2.76. The molecule has 106 valence electrons. The number of rotatable bonds is 6. The van der Waals surface area contributed by atoms with Crippen molar-refractivity contribution < 1.29 is 4.79 Å². The molecular weight excluding hydrogens is 224 g/mol. The number of hydrogen-bond acceptors (Lipinski definition) is 2. The van der Waals surface area contributed by atoms with Gasteiger partial charge in [-0.15, -0.1) is 0 Å². The van der Waals surface area contributed by atoms with E-state index in [1.54, 1.807) is 0 Å². The van der Waals surface area contributed by atoms with Crippen molar-refractivity contribution in [1.82, 2.24) is 5.32 Å². The van der Waals surface area contributed by atoms with Gasteiger partial charge in [0.2, 0.25) is 5.91 Å². The van der Waals surface area contributed by atoms with Crippen LogP contribution in [-0.2, 0) is 4.79 Å². The van der Waals surface area contributed by atoms with E-state index >= 15 is 0 Å². The maximum atomic E-state index is 11.6. The van der Waals surface area contributed by atoms with E-state index in [9.17, 15) is 4.79 Å². The van der Waals surface area contributed by atoms with Crippen LogP contribution in [0.15, 0.2) is 0 Å². The number of nitrogens with two attached hydrogens (primary N) is 1. The molecule has 3 heteroatoms. The van der Waals surface area contributed by atoms with Crippen LogP contribution in [0.2, 0.25) is 0 Å². The highest BCUT2D eigenvalue weighted by atomic mass is 16.1. The summed E-state index contributed by atoms with van der Waals surface area (Å²) in [6, 6.07) is 0. The molecule has 0 heterocycles. The monoisotopic (exact) mass is 254 g/mol. The molecule has 0 aromatic carbocycles. The van der Waals surface area contributed by atoms with E-state index in [4.69, 9.17) is 5.73 Å². The molecule has 18 heavy (non-hydrogen) atoms. The summed E-state index contributed by atoms with van der Waals surface area (Å²) in [6.45, 7) is 7.10. The largest absolute Gasteiger partial charge is 0.356 e. The van der Waals surface area contributed by atoms with E-state index in [0.717, 1.165) is 31.2 Å². The van der Waals surface area contributed by atoms with Crippen molar-refractivity contribution in [2.24, 2.45) is 17.6 Å². The minimum Gasteiger partial charge on any atom is -0.356 e. The van der Waals surface area contributed by atoms with Gasteiger partial charge in [-0.2, -0.15) is 0 Å². The topological polar surface area (TPSA) is 55.1 Å². The summed E-state index contributed by atoms with van der Waals surface area (Å²) in [6.07, 6.45) is 7.86. The van der Waals surface area contributed by atoms with Crippen LogP contribution >= 0.6 is 0 Å². The van der Waals surface area contributed by atoms with Crippen LogP contribution in [0.4, 0.5) is 0 Å². The minimum absolute atomic E-state index is 0.150. The number of carbonyl (C=O) groups excluding carboxylic acids is 1. The van der Waals surface area contributed by atoms with Gasteiger partial charge in [0.05, 0.1) is 0 Å². The van der Waals surface area contributed by atoms with Gasteiger partial charge in [-0.05, 0) is 44.9 Å². The Hall–Kier alpha value is -0.570. The molecule has 0 aliphatic heterocycles. The average molecular weight is 254 g/mol. The third kappa shape index (κ3) is 7.00. The van der Waals surface area contributed by atoms with Crippen LogP contribution in [0, 0.1) is 11.8 Å². The lowest BCUT2D eigenvalue weighted by Crippen LogP contribution is -2.35. The Morgan fingerprint density at radius 1 is 1.39 bits per heavy atom. The molecule has 0 radical (unpaired) electrons. The maximum absolute atomic E-state index is 11.6. The van der Waals surface area contributed by atoms with Gasteiger partial charge >= 0.3 is 0 Å². The van der Waals surface area contributed by atoms with Crippen molar-refractivity contribution >= 4 is 5.91 Å². The molecular formula is C15H30N2O. The summed E-state index contributed by atoms with van der Waals surface area (Å²) < 4.78 is 0. The second-order valence-electron chi connectivity index (χ2n) is 6.77. The van der Waals surface area contributed by atoms with Gasteiger partial charge in [0.25, 0.3) is 0 Å². The van der Waals surface area contributed by atoms with Gasteiger partial charge in [-0.1, -0.05) is 26.2 Å². The number of hydrogen-bond donors (Lipinski definition) is 2. The Bertz CT molecular complexity index is 258. The quantitative estimate of drug-likeness (QED) is 0.766. The lowest BCUT2D eigenvalue weighted by Gasteiger charge is -2.26. The van der Waals surface area contributed by atoms with Crippen molar-refractivity contribution in [3.8, 4) is 0 Å². The Morgan fingerprint density at radius 2 is 2.11 bits per heavy atom. The van der Waals surface area contributed by atoms with Gasteiger partial charge in [0, 0.05) is 18.5 Å². The van der Waals surface area contributed by atoms with Crippen molar-refractivity contribution in [3.63, 3.8) is 0 Å². The summed E-state index contributed by atoms with van der Waals surface area (Å²) in [5.74, 6) is 1.84. The SMILES string of the molecule is CC1CCCC(CCNC(=O)CCC(C)(C)N)C1. The van der Waals surface area contributed by atoms with Crippen molar-refractivity contribution in [2.75, 3.05) is 6.54 Å². The second-order valence-corrected chi connectivity index (χ2v) is 6.77. The third-order valence-corrected chi connectivity index (χ3v) is 3.92. The predicted molar refractivity (Wildman–Crippen MR) is 76.2 cm³/mol. The van der Waals surface area contributed by atoms with E-state index in [-0.39, 0.29) is 11.4 Å². The smallest absolute Gasteiger partial charge is 0.220 e. The highest BCUT2D eigenvalue weighted by molar-refractivity contribution is 5.75. The van der Waals surface area contributed by atoms with Crippen LogP contribution in [0.3, 0.4) is 0 Å². The van der Waals surface area contributed by atoms with Gasteiger partial charge in [0.15, 0.2) is 0 Å². The van der Waals surface area contributed by atoms with Crippen LogP contribution in [0.1, 0.15) is 65.7 Å². The molecule has 1 rings (SSSR count). The van der Waals surface area contributed by atoms with Gasteiger partial charge in [-0.3, -0.25) is 4.79 Å². The van der Waals surface area contributed by atoms with Gasteiger partial charge in [-0.25, -0.2) is 0 Å². The molecule has 1 saturated carbocycles. The first-order valence-corrected chi connectivity index (χ1v) is 7.42. The molecule has 1 fully saturated rings. The lowest BCUT2D eigenvalue weighted by molar-refractivity contribution is -0.121. The van der Waals surface area contributed by atoms with Crippen molar-refractivity contribution in [3.05, 3.63) is 0 Å². The summed E-state index contributed by atoms with van der Waals surface area (Å²) in [5.41, 5.74) is 5.62. The highest BCUT2D eigenvalue weighted by Gasteiger charge is 2.18. The second kappa shape index (κ2) is 7.13. The van der Waals surface area contributed by atoms with Gasteiger partial charge in [0.1, 0.15) is 0 Å². The molecule has 3 nitrogen and oxygen atoms in total. The first-order valence-electron chi connectivity index (χ1n) is 7.42. The first kappa shape index (κ1) is 15.5. The molecule has 0 spiro atoms. The van der Waals surface area contributed by atoms with Crippen LogP contribution in [-0.4, -0.2) is 18.0 Å². The van der Waals surface area contributed by atoms with Crippen molar-refractivity contribution in [1.29, 1.82) is 0 Å². The Kier molecular flexibility index (Phi) is 6.13. The summed E-state index contributed by atoms with van der Waals surface area (Å²) >= 11 is 0. The van der Waals surface area contributed by atoms with Crippen LogP contribution in [0.5, 0.6) is 0 Å². The number of carbonyl (C=O) groups is 1. The fraction of sp³-hybridized carbons (Fsp3) is 0.933. The average Bonchev–Trinajstić information content (AvgIpc) is 2.25. The van der Waals surface area contributed by atoms with E-state index in [1.807, 2.05) is 13.8 Å². The van der Waals surface area contributed by atoms with E-state index in [0.29, 0.717) is 6.42 Å². The molecule has 0 bridgehead atoms. The molecule has 0 saturated heterocycles. The Morgan fingerprint density at radius 3 is 2.72 bits per heavy atom. The Balaban J connectivity index is 2.08. The molecule has 0 aromatic rings. The normalized spacial score (nSPS) is 24.9. The standard InChI is InChI=1S/C15H30N2O/c1-12-5-4-6-13(11-12)8-10-17-14(18)7-9-15(2,3)16/h12-13H,4-11,16H2,1-3H3,(H,17,18). The zero-order valence-electron chi connectivity index (χ0n) is 12.3. The summed E-state index contributed by atoms with van der Waals surface area (Å²) in [7, 11) is 0. The number of nitrogens with one attached hydrogen (secondary N) is 1. The molecule has 1 aliphatic carbocycles. The number of amides is 1. The van der Waals surface area contributed by atoms with Crippen LogP contribution < -0.4 is 11.1 Å². The molecule has 2 atom stereocenters. The zero-order valence-corrected chi connectivity index (χ0v) is 12.3.